The first kappa shape index (κ1) is 14.2. The van der Waals surface area contributed by atoms with Crippen molar-refractivity contribution in [2.75, 3.05) is 13.1 Å². The lowest BCUT2D eigenvalue weighted by Gasteiger charge is -2.21. The maximum absolute atomic E-state index is 12.3. The molecule has 0 spiro atoms. The van der Waals surface area contributed by atoms with Crippen molar-refractivity contribution in [2.45, 2.75) is 31.3 Å². The Kier molecular flexibility index (Phi) is 3.77. The molecule has 0 bridgehead atoms. The lowest BCUT2D eigenvalue weighted by atomic mass is 10.1. The van der Waals surface area contributed by atoms with Crippen LogP contribution in [-0.2, 0) is 0 Å². The number of aromatic nitrogens is 1. The third-order valence-corrected chi connectivity index (χ3v) is 4.51. The fraction of sp³-hybridized carbons (Fsp3) is 0.538. The minimum atomic E-state index is -0.666. The third-order valence-electron chi connectivity index (χ3n) is 4.23. The van der Waals surface area contributed by atoms with E-state index in [1.807, 2.05) is 0 Å². The molecule has 3 heterocycles. The van der Waals surface area contributed by atoms with Crippen molar-refractivity contribution in [3.8, 4) is 0 Å². The molecule has 2 unspecified atom stereocenters. The summed E-state index contributed by atoms with van der Waals surface area (Å²) in [7, 11) is 0. The first-order valence-electron chi connectivity index (χ1n) is 6.91. The van der Waals surface area contributed by atoms with Crippen molar-refractivity contribution in [3.63, 3.8) is 0 Å². The van der Waals surface area contributed by atoms with Gasteiger partial charge in [-0.1, -0.05) is 11.6 Å². The molecule has 1 N–H and O–H groups in total. The summed E-state index contributed by atoms with van der Waals surface area (Å²) in [6, 6.07) is 1.73. The summed E-state index contributed by atoms with van der Waals surface area (Å²) in [5.41, 5.74) is -0.464. The highest BCUT2D eigenvalue weighted by molar-refractivity contribution is 6.32. The molecule has 8 heteroatoms. The molecule has 1 aromatic heterocycles. The molecule has 21 heavy (non-hydrogen) atoms. The number of fused-ring (bicyclic) bond motifs is 1. The molecule has 0 aromatic carbocycles. The van der Waals surface area contributed by atoms with Gasteiger partial charge in [0.1, 0.15) is 5.56 Å². The van der Waals surface area contributed by atoms with E-state index < -0.39 is 16.5 Å². The third kappa shape index (κ3) is 2.58. The summed E-state index contributed by atoms with van der Waals surface area (Å²) >= 11 is 5.73. The number of carbonyl (C=O) groups excluding carboxylic acids is 1. The number of nitrogens with zero attached hydrogens (tertiary/aromatic N) is 3. The van der Waals surface area contributed by atoms with Gasteiger partial charge in [0.25, 0.3) is 5.91 Å². The summed E-state index contributed by atoms with van der Waals surface area (Å²) in [6.07, 6.45) is 4.38. The molecule has 112 valence electrons. The average molecular weight is 311 g/mol. The van der Waals surface area contributed by atoms with Crippen molar-refractivity contribution in [1.82, 2.24) is 15.2 Å². The number of hydrogen-bond donors (Lipinski definition) is 1. The predicted octanol–water partition coefficient (Wildman–Crippen LogP) is 1.61. The van der Waals surface area contributed by atoms with Crippen LogP contribution in [0.3, 0.4) is 0 Å². The standard InChI is InChI=1S/C13H15ClN4O3/c14-12-11(18(20)21)8(3-5-15-12)13(19)16-9-4-7-17-6-1-2-10(9)17/h3,5,9-10H,1-2,4,6-7H2,(H,16,19). The molecule has 7 nitrogen and oxygen atoms in total. The smallest absolute Gasteiger partial charge is 0.319 e. The van der Waals surface area contributed by atoms with E-state index in [-0.39, 0.29) is 16.8 Å². The number of amides is 1. The quantitative estimate of drug-likeness (QED) is 0.520. The minimum absolute atomic E-state index is 0.0311. The van der Waals surface area contributed by atoms with Crippen LogP contribution >= 0.6 is 11.6 Å². The van der Waals surface area contributed by atoms with Crippen LogP contribution in [0.5, 0.6) is 0 Å². The van der Waals surface area contributed by atoms with E-state index in [9.17, 15) is 14.9 Å². The van der Waals surface area contributed by atoms with Gasteiger partial charge in [-0.2, -0.15) is 0 Å². The zero-order chi connectivity index (χ0) is 15.0. The number of rotatable bonds is 3. The van der Waals surface area contributed by atoms with Crippen molar-refractivity contribution in [2.24, 2.45) is 0 Å². The van der Waals surface area contributed by atoms with Gasteiger partial charge in [-0.15, -0.1) is 0 Å². The van der Waals surface area contributed by atoms with Crippen LogP contribution in [0.2, 0.25) is 5.15 Å². The van der Waals surface area contributed by atoms with Crippen LogP contribution in [0.25, 0.3) is 0 Å². The van der Waals surface area contributed by atoms with Gasteiger partial charge in [0.2, 0.25) is 5.15 Å². The summed E-state index contributed by atoms with van der Waals surface area (Å²) in [5.74, 6) is -0.454. The molecule has 2 fully saturated rings. The molecule has 1 aromatic rings. The van der Waals surface area contributed by atoms with Gasteiger partial charge in [-0.25, -0.2) is 4.98 Å². The van der Waals surface area contributed by atoms with E-state index in [4.69, 9.17) is 11.6 Å². The van der Waals surface area contributed by atoms with Gasteiger partial charge in [0.05, 0.1) is 4.92 Å². The Morgan fingerprint density at radius 2 is 2.29 bits per heavy atom. The Labute approximate surface area is 126 Å². The highest BCUT2D eigenvalue weighted by Crippen LogP contribution is 2.29. The molecule has 3 rings (SSSR count). The van der Waals surface area contributed by atoms with E-state index in [1.165, 1.54) is 12.3 Å². The summed E-state index contributed by atoms with van der Waals surface area (Å²) < 4.78 is 0. The molecule has 2 aliphatic heterocycles. The molecule has 1 amide bonds. The second kappa shape index (κ2) is 5.57. The van der Waals surface area contributed by atoms with Gasteiger partial charge < -0.3 is 5.32 Å². The van der Waals surface area contributed by atoms with Gasteiger partial charge >= 0.3 is 5.69 Å². The van der Waals surface area contributed by atoms with Gasteiger partial charge in [-0.3, -0.25) is 19.8 Å². The minimum Gasteiger partial charge on any atom is -0.347 e. The zero-order valence-corrected chi connectivity index (χ0v) is 12.0. The molecular weight excluding hydrogens is 296 g/mol. The molecule has 2 saturated heterocycles. The largest absolute Gasteiger partial charge is 0.347 e. The number of hydrogen-bond acceptors (Lipinski definition) is 5. The van der Waals surface area contributed by atoms with Crippen LogP contribution in [0, 0.1) is 10.1 Å². The number of pyridine rings is 1. The highest BCUT2D eigenvalue weighted by atomic mass is 35.5. The van der Waals surface area contributed by atoms with Gasteiger partial charge in [-0.05, 0) is 31.9 Å². The molecule has 0 saturated carbocycles. The molecule has 2 aliphatic rings. The molecule has 0 aliphatic carbocycles. The number of carbonyl (C=O) groups is 1. The summed E-state index contributed by atoms with van der Waals surface area (Å²) in [5, 5.41) is 13.7. The first-order chi connectivity index (χ1) is 10.1. The number of halogens is 1. The normalized spacial score (nSPS) is 24.8. The van der Waals surface area contributed by atoms with Gasteiger partial charge in [0.15, 0.2) is 0 Å². The topological polar surface area (TPSA) is 88.4 Å². The maximum Gasteiger partial charge on any atom is 0.319 e. The average Bonchev–Trinajstić information content (AvgIpc) is 3.03. The van der Waals surface area contributed by atoms with E-state index >= 15 is 0 Å². The highest BCUT2D eigenvalue weighted by Gasteiger charge is 2.38. The maximum atomic E-state index is 12.3. The fourth-order valence-electron chi connectivity index (χ4n) is 3.28. The first-order valence-corrected chi connectivity index (χ1v) is 7.29. The Bertz CT molecular complexity index is 595. The molecule has 0 radical (unpaired) electrons. The van der Waals surface area contributed by atoms with Crippen molar-refractivity contribution in [3.05, 3.63) is 33.1 Å². The predicted molar refractivity (Wildman–Crippen MR) is 76.4 cm³/mol. The number of nitrogens with one attached hydrogen (secondary N) is 1. The fourth-order valence-corrected chi connectivity index (χ4v) is 3.51. The monoisotopic (exact) mass is 310 g/mol. The molecule has 2 atom stereocenters. The van der Waals surface area contributed by atoms with Gasteiger partial charge in [0, 0.05) is 24.8 Å². The SMILES string of the molecule is O=C(NC1CCN2CCCC12)c1ccnc(Cl)c1[N+](=O)[O-]. The Morgan fingerprint density at radius 1 is 1.48 bits per heavy atom. The lowest BCUT2D eigenvalue weighted by Crippen LogP contribution is -2.42. The summed E-state index contributed by atoms with van der Waals surface area (Å²) in [6.45, 7) is 2.03. The van der Waals surface area contributed by atoms with Crippen LogP contribution in [0.1, 0.15) is 29.6 Å². The van der Waals surface area contributed by atoms with E-state index in [0.29, 0.717) is 6.04 Å². The van der Waals surface area contributed by atoms with Crippen LogP contribution in [-0.4, -0.2) is 45.9 Å². The Morgan fingerprint density at radius 3 is 3.05 bits per heavy atom. The van der Waals surface area contributed by atoms with Crippen LogP contribution in [0.15, 0.2) is 12.3 Å². The second-order valence-electron chi connectivity index (χ2n) is 5.37. The van der Waals surface area contributed by atoms with Crippen molar-refractivity contribution >= 4 is 23.2 Å². The lowest BCUT2D eigenvalue weighted by molar-refractivity contribution is -0.385. The van der Waals surface area contributed by atoms with Crippen molar-refractivity contribution in [1.29, 1.82) is 0 Å². The van der Waals surface area contributed by atoms with Crippen molar-refractivity contribution < 1.29 is 9.72 Å². The zero-order valence-electron chi connectivity index (χ0n) is 11.3. The van der Waals surface area contributed by atoms with Crippen LogP contribution < -0.4 is 5.32 Å². The number of nitro groups is 1. The second-order valence-corrected chi connectivity index (χ2v) is 5.73. The van der Waals surface area contributed by atoms with E-state index in [1.54, 1.807) is 0 Å². The van der Waals surface area contributed by atoms with E-state index in [0.717, 1.165) is 32.4 Å². The Hall–Kier alpha value is -1.73. The van der Waals surface area contributed by atoms with Crippen LogP contribution in [0.4, 0.5) is 5.69 Å². The summed E-state index contributed by atoms with van der Waals surface area (Å²) in [4.78, 5) is 28.8. The Balaban J connectivity index is 1.80. The molecular formula is C13H15ClN4O3. The van der Waals surface area contributed by atoms with E-state index in [2.05, 4.69) is 15.2 Å².